The molecule has 7 heteroatoms. The number of hydrogen-bond donors (Lipinski definition) is 0. The summed E-state index contributed by atoms with van der Waals surface area (Å²) in [6.07, 6.45) is 0. The van der Waals surface area contributed by atoms with Crippen LogP contribution in [0.2, 0.25) is 0 Å². The van der Waals surface area contributed by atoms with Gasteiger partial charge >= 0.3 is 0 Å². The van der Waals surface area contributed by atoms with E-state index in [1.807, 2.05) is 77.7 Å². The van der Waals surface area contributed by atoms with Crippen molar-refractivity contribution in [1.29, 1.82) is 0 Å². The largest absolute Gasteiger partial charge is 0.497 e. The van der Waals surface area contributed by atoms with E-state index in [9.17, 15) is 4.79 Å². The number of amidine groups is 1. The molecule has 1 saturated heterocycles. The lowest BCUT2D eigenvalue weighted by Crippen LogP contribution is -2.51. The summed E-state index contributed by atoms with van der Waals surface area (Å²) in [5, 5.41) is 0. The van der Waals surface area contributed by atoms with Gasteiger partial charge in [0.1, 0.15) is 28.8 Å². The number of rotatable bonds is 4. The lowest BCUT2D eigenvalue weighted by atomic mass is 10.1. The highest BCUT2D eigenvalue weighted by atomic mass is 16.5. The Morgan fingerprint density at radius 2 is 1.67 bits per heavy atom. The molecule has 7 nitrogen and oxygen atoms in total. The van der Waals surface area contributed by atoms with Crippen molar-refractivity contribution in [3.05, 3.63) is 78.4 Å². The van der Waals surface area contributed by atoms with Crippen LogP contribution >= 0.6 is 0 Å². The number of ether oxygens (including phenoxy) is 3. The highest BCUT2D eigenvalue weighted by Crippen LogP contribution is 2.39. The molecule has 0 aromatic heterocycles. The van der Waals surface area contributed by atoms with Crippen molar-refractivity contribution in [3.8, 4) is 23.0 Å². The van der Waals surface area contributed by atoms with Crippen LogP contribution in [-0.2, 0) is 4.79 Å². The number of benzene rings is 3. The molecule has 0 bridgehead atoms. The third-order valence-corrected chi connectivity index (χ3v) is 5.78. The predicted molar refractivity (Wildman–Crippen MR) is 126 cm³/mol. The van der Waals surface area contributed by atoms with Crippen LogP contribution in [-0.4, -0.2) is 61.4 Å². The van der Waals surface area contributed by atoms with Crippen molar-refractivity contribution >= 4 is 17.4 Å². The molecule has 3 aromatic carbocycles. The van der Waals surface area contributed by atoms with E-state index in [0.717, 1.165) is 28.6 Å². The number of aliphatic imine (C=N–C) groups is 1. The van der Waals surface area contributed by atoms with Crippen LogP contribution in [0, 0.1) is 0 Å². The number of hydrogen-bond acceptors (Lipinski definition) is 6. The highest BCUT2D eigenvalue weighted by Gasteiger charge is 2.28. The zero-order valence-electron chi connectivity index (χ0n) is 18.4. The van der Waals surface area contributed by atoms with Gasteiger partial charge in [-0.1, -0.05) is 30.3 Å². The third kappa shape index (κ3) is 4.48. The minimum Gasteiger partial charge on any atom is -0.497 e. The second kappa shape index (κ2) is 9.24. The van der Waals surface area contributed by atoms with E-state index >= 15 is 0 Å². The molecule has 2 aliphatic heterocycles. The predicted octanol–water partition coefficient (Wildman–Crippen LogP) is 4.10. The van der Waals surface area contributed by atoms with Gasteiger partial charge in [0.05, 0.1) is 12.7 Å². The minimum absolute atomic E-state index is 0.0166. The Morgan fingerprint density at radius 3 is 2.45 bits per heavy atom. The fourth-order valence-electron chi connectivity index (χ4n) is 3.99. The Morgan fingerprint density at radius 1 is 0.909 bits per heavy atom. The average molecular weight is 444 g/mol. The van der Waals surface area contributed by atoms with Gasteiger partial charge in [0, 0.05) is 26.2 Å². The van der Waals surface area contributed by atoms with Gasteiger partial charge in [-0.15, -0.1) is 0 Å². The van der Waals surface area contributed by atoms with Crippen LogP contribution in [0.15, 0.2) is 77.8 Å². The Labute approximate surface area is 192 Å². The third-order valence-electron chi connectivity index (χ3n) is 5.78. The van der Waals surface area contributed by atoms with Gasteiger partial charge < -0.3 is 24.0 Å². The molecule has 0 radical (unpaired) electrons. The topological polar surface area (TPSA) is 63.6 Å². The van der Waals surface area contributed by atoms with Crippen molar-refractivity contribution in [2.24, 2.45) is 4.99 Å². The Balaban J connectivity index is 1.33. The SMILES string of the molecule is COc1ccc2c(c1)C(N1CCN(C(=O)COc3ccccc3)CC1)=Nc1ccccc1O2. The van der Waals surface area contributed by atoms with E-state index in [4.69, 9.17) is 19.2 Å². The van der Waals surface area contributed by atoms with Crippen molar-refractivity contribution < 1.29 is 19.0 Å². The van der Waals surface area contributed by atoms with E-state index in [1.54, 1.807) is 7.11 Å². The molecule has 1 amide bonds. The van der Waals surface area contributed by atoms with E-state index in [-0.39, 0.29) is 12.5 Å². The molecule has 2 aliphatic rings. The van der Waals surface area contributed by atoms with E-state index < -0.39 is 0 Å². The van der Waals surface area contributed by atoms with Crippen LogP contribution in [0.4, 0.5) is 5.69 Å². The number of carbonyl (C=O) groups excluding carboxylic acids is 1. The first kappa shape index (κ1) is 20.9. The molecule has 1 fully saturated rings. The van der Waals surface area contributed by atoms with Gasteiger partial charge in [0.2, 0.25) is 0 Å². The van der Waals surface area contributed by atoms with Crippen molar-refractivity contribution in [1.82, 2.24) is 9.80 Å². The lowest BCUT2D eigenvalue weighted by Gasteiger charge is -2.36. The zero-order valence-corrected chi connectivity index (χ0v) is 18.4. The molecule has 0 unspecified atom stereocenters. The standard InChI is InChI=1S/C26H25N3O4/c1-31-20-11-12-23-21(17-20)26(27-22-9-5-6-10-24(22)33-23)29-15-13-28(14-16-29)25(30)18-32-19-7-3-2-4-8-19/h2-12,17H,13-16,18H2,1H3. The smallest absolute Gasteiger partial charge is 0.260 e. The first-order chi connectivity index (χ1) is 16.2. The molecule has 0 atom stereocenters. The van der Waals surface area contributed by atoms with E-state index in [0.29, 0.717) is 37.7 Å². The van der Waals surface area contributed by atoms with Crippen LogP contribution in [0.25, 0.3) is 0 Å². The van der Waals surface area contributed by atoms with Gasteiger partial charge in [-0.05, 0) is 42.5 Å². The second-order valence-corrected chi connectivity index (χ2v) is 7.84. The Bertz CT molecular complexity index is 1170. The fraction of sp³-hybridized carbons (Fsp3) is 0.231. The Kier molecular flexibility index (Phi) is 5.85. The number of nitrogens with zero attached hydrogens (tertiary/aromatic N) is 3. The summed E-state index contributed by atoms with van der Waals surface area (Å²) in [4.78, 5) is 21.7. The summed E-state index contributed by atoms with van der Waals surface area (Å²) in [5.74, 6) is 3.68. The maximum atomic E-state index is 12.7. The van der Waals surface area contributed by atoms with Crippen molar-refractivity contribution in [2.75, 3.05) is 39.9 Å². The van der Waals surface area contributed by atoms with Gasteiger partial charge in [-0.25, -0.2) is 4.99 Å². The van der Waals surface area contributed by atoms with Gasteiger partial charge in [0.15, 0.2) is 12.4 Å². The Hall–Kier alpha value is -4.00. The summed E-state index contributed by atoms with van der Waals surface area (Å²) < 4.78 is 17.3. The normalized spacial score (nSPS) is 14.9. The summed E-state index contributed by atoms with van der Waals surface area (Å²) in [7, 11) is 1.65. The number of para-hydroxylation sites is 3. The quantitative estimate of drug-likeness (QED) is 0.608. The molecular formula is C26H25N3O4. The maximum Gasteiger partial charge on any atom is 0.260 e. The number of fused-ring (bicyclic) bond motifs is 2. The van der Waals surface area contributed by atoms with Crippen molar-refractivity contribution in [2.45, 2.75) is 0 Å². The minimum atomic E-state index is -0.0166. The number of carbonyl (C=O) groups is 1. The molecule has 33 heavy (non-hydrogen) atoms. The van der Waals surface area contributed by atoms with Gasteiger partial charge in [-0.3, -0.25) is 4.79 Å². The lowest BCUT2D eigenvalue weighted by molar-refractivity contribution is -0.134. The second-order valence-electron chi connectivity index (χ2n) is 7.84. The van der Waals surface area contributed by atoms with E-state index in [1.165, 1.54) is 0 Å². The zero-order chi connectivity index (χ0) is 22.6. The van der Waals surface area contributed by atoms with Crippen LogP contribution in [0.3, 0.4) is 0 Å². The molecule has 0 spiro atoms. The number of methoxy groups -OCH3 is 1. The summed E-state index contributed by atoms with van der Waals surface area (Å²) in [5.41, 5.74) is 1.65. The molecule has 168 valence electrons. The van der Waals surface area contributed by atoms with Crippen LogP contribution in [0.5, 0.6) is 23.0 Å². The summed E-state index contributed by atoms with van der Waals surface area (Å²) in [6.45, 7) is 2.55. The van der Waals surface area contributed by atoms with Gasteiger partial charge in [-0.2, -0.15) is 0 Å². The molecule has 0 N–H and O–H groups in total. The van der Waals surface area contributed by atoms with Gasteiger partial charge in [0.25, 0.3) is 5.91 Å². The number of piperazine rings is 1. The summed E-state index contributed by atoms with van der Waals surface area (Å²) in [6, 6.07) is 22.9. The monoisotopic (exact) mass is 443 g/mol. The molecule has 2 heterocycles. The first-order valence-corrected chi connectivity index (χ1v) is 11.0. The first-order valence-electron chi connectivity index (χ1n) is 11.0. The van der Waals surface area contributed by atoms with Crippen LogP contribution < -0.4 is 14.2 Å². The molecule has 0 aliphatic carbocycles. The molecular weight excluding hydrogens is 418 g/mol. The molecule has 3 aromatic rings. The number of amides is 1. The average Bonchev–Trinajstić information content (AvgIpc) is 3.04. The summed E-state index contributed by atoms with van der Waals surface area (Å²) >= 11 is 0. The molecule has 5 rings (SSSR count). The maximum absolute atomic E-state index is 12.7. The highest BCUT2D eigenvalue weighted by molar-refractivity contribution is 6.04. The van der Waals surface area contributed by atoms with Crippen LogP contribution in [0.1, 0.15) is 5.56 Å². The molecule has 0 saturated carbocycles. The van der Waals surface area contributed by atoms with Crippen molar-refractivity contribution in [3.63, 3.8) is 0 Å². The fourth-order valence-corrected chi connectivity index (χ4v) is 3.99. The van der Waals surface area contributed by atoms with E-state index in [2.05, 4.69) is 4.90 Å².